The third-order valence-corrected chi connectivity index (χ3v) is 7.46. The molecule has 1 aliphatic carbocycles. The molecule has 216 valence electrons. The van der Waals surface area contributed by atoms with Crippen LogP contribution in [-0.4, -0.2) is 71.1 Å². The molecule has 1 N–H and O–H groups in total. The van der Waals surface area contributed by atoms with Gasteiger partial charge in [-0.15, -0.1) is 13.2 Å². The Morgan fingerprint density at radius 1 is 1.05 bits per heavy atom. The van der Waals surface area contributed by atoms with Crippen LogP contribution in [-0.2, 0) is 11.2 Å². The summed E-state index contributed by atoms with van der Waals surface area (Å²) in [7, 11) is 0. The Kier molecular flexibility index (Phi) is 8.37. The van der Waals surface area contributed by atoms with Gasteiger partial charge in [-0.2, -0.15) is 0 Å². The molecule has 1 unspecified atom stereocenters. The number of nitrogens with zero attached hydrogens (tertiary/aromatic N) is 3. The number of aromatic nitrogens is 1. The molecule has 2 aromatic carbocycles. The number of alkyl halides is 3. The Hall–Kier alpha value is -3.83. The number of anilines is 1. The van der Waals surface area contributed by atoms with Gasteiger partial charge < -0.3 is 10.1 Å². The molecule has 1 aliphatic heterocycles. The number of nitrogens with one attached hydrogen (secondary N) is 1. The van der Waals surface area contributed by atoms with Crippen LogP contribution in [0.2, 0.25) is 0 Å². The van der Waals surface area contributed by atoms with Gasteiger partial charge in [0.1, 0.15) is 5.82 Å². The van der Waals surface area contributed by atoms with Crippen molar-refractivity contribution in [2.24, 2.45) is 0 Å². The number of hydrogen-bond acceptors (Lipinski definition) is 6. The predicted octanol–water partition coefficient (Wildman–Crippen LogP) is 5.32. The number of amides is 1. The van der Waals surface area contributed by atoms with Crippen LogP contribution in [0.4, 0.5) is 23.2 Å². The van der Waals surface area contributed by atoms with E-state index < -0.39 is 35.7 Å². The highest BCUT2D eigenvalue weighted by atomic mass is 19.4. The summed E-state index contributed by atoms with van der Waals surface area (Å²) >= 11 is 0. The van der Waals surface area contributed by atoms with Crippen molar-refractivity contribution in [3.05, 3.63) is 77.7 Å². The molecule has 1 aromatic heterocycles. The molecule has 1 saturated heterocycles. The number of ketones is 1. The van der Waals surface area contributed by atoms with Gasteiger partial charge in [-0.05, 0) is 61.7 Å². The van der Waals surface area contributed by atoms with Crippen LogP contribution >= 0.6 is 0 Å². The molecule has 0 radical (unpaired) electrons. The minimum absolute atomic E-state index is 0.0960. The van der Waals surface area contributed by atoms with Crippen LogP contribution < -0.4 is 10.1 Å². The van der Waals surface area contributed by atoms with E-state index in [-0.39, 0.29) is 17.7 Å². The van der Waals surface area contributed by atoms with E-state index in [9.17, 15) is 27.2 Å². The van der Waals surface area contributed by atoms with Crippen molar-refractivity contribution in [1.82, 2.24) is 14.8 Å². The van der Waals surface area contributed by atoms with Gasteiger partial charge in [0.05, 0.1) is 17.4 Å². The Labute approximate surface area is 235 Å². The summed E-state index contributed by atoms with van der Waals surface area (Å²) in [5.74, 6) is -1.92. The van der Waals surface area contributed by atoms with Crippen molar-refractivity contribution in [2.75, 3.05) is 31.5 Å². The second kappa shape index (κ2) is 12.0. The van der Waals surface area contributed by atoms with Gasteiger partial charge in [0, 0.05) is 56.0 Å². The number of carbonyl (C=O) groups excluding carboxylic acids is 2. The average molecular weight is 571 g/mol. The van der Waals surface area contributed by atoms with Crippen molar-refractivity contribution >= 4 is 17.4 Å². The summed E-state index contributed by atoms with van der Waals surface area (Å²) in [6, 6.07) is 12.9. The summed E-state index contributed by atoms with van der Waals surface area (Å²) < 4.78 is 57.5. The van der Waals surface area contributed by atoms with Crippen LogP contribution in [0.15, 0.2) is 60.8 Å². The van der Waals surface area contributed by atoms with Gasteiger partial charge in [-0.3, -0.25) is 24.4 Å². The molecule has 1 amide bonds. The fourth-order valence-corrected chi connectivity index (χ4v) is 4.99. The SMILES string of the molecule is CC(C(=O)Nc1cc(C(=O)Cc2ccc(-c3ccccc3F)nc2)ccc1OC(F)(F)F)N1CCN(C2CC2)CC1. The van der Waals surface area contributed by atoms with E-state index in [1.54, 1.807) is 37.3 Å². The lowest BCUT2D eigenvalue weighted by molar-refractivity contribution is -0.274. The Morgan fingerprint density at radius 3 is 2.41 bits per heavy atom. The average Bonchev–Trinajstić information content (AvgIpc) is 3.79. The largest absolute Gasteiger partial charge is 0.573 e. The Morgan fingerprint density at radius 2 is 1.78 bits per heavy atom. The maximum absolute atomic E-state index is 14.1. The Bertz CT molecular complexity index is 1400. The first-order valence-corrected chi connectivity index (χ1v) is 13.5. The number of pyridine rings is 1. The topological polar surface area (TPSA) is 74.8 Å². The summed E-state index contributed by atoms with van der Waals surface area (Å²) in [4.78, 5) is 34.8. The number of carbonyl (C=O) groups is 2. The fraction of sp³-hybridized carbons (Fsp3) is 0.367. The molecule has 5 rings (SSSR count). The van der Waals surface area contributed by atoms with Crippen LogP contribution in [0.5, 0.6) is 5.75 Å². The first-order valence-electron chi connectivity index (χ1n) is 13.5. The molecule has 0 spiro atoms. The second-order valence-electron chi connectivity index (χ2n) is 10.4. The minimum atomic E-state index is -4.98. The van der Waals surface area contributed by atoms with Gasteiger partial charge in [0.2, 0.25) is 5.91 Å². The lowest BCUT2D eigenvalue weighted by Crippen LogP contribution is -2.53. The van der Waals surface area contributed by atoms with E-state index in [1.165, 1.54) is 37.2 Å². The van der Waals surface area contributed by atoms with Gasteiger partial charge in [-0.25, -0.2) is 4.39 Å². The number of ether oxygens (including phenoxy) is 1. The highest BCUT2D eigenvalue weighted by Crippen LogP contribution is 2.32. The Balaban J connectivity index is 1.28. The molecule has 7 nitrogen and oxygen atoms in total. The molecule has 1 saturated carbocycles. The van der Waals surface area contributed by atoms with Crippen molar-refractivity contribution < 1.29 is 31.9 Å². The van der Waals surface area contributed by atoms with E-state index >= 15 is 0 Å². The summed E-state index contributed by atoms with van der Waals surface area (Å²) in [6.45, 7) is 4.74. The number of benzene rings is 2. The molecule has 0 bridgehead atoms. The third-order valence-electron chi connectivity index (χ3n) is 7.46. The molecular formula is C30H30F4N4O3. The number of halogens is 4. The lowest BCUT2D eigenvalue weighted by Gasteiger charge is -2.37. The quantitative estimate of drug-likeness (QED) is 0.277. The standard InChI is InChI=1S/C30H30F4N4O3/c1-19(37-12-14-38(15-13-37)22-8-9-22)29(40)36-26-17-21(7-11-28(26)41-30(32,33)34)27(39)16-20-6-10-25(35-18-20)23-4-2-3-5-24(23)31/h2-7,10-11,17-19,22H,8-9,12-16H2,1H3,(H,36,40). The summed E-state index contributed by atoms with van der Waals surface area (Å²) in [5, 5.41) is 2.55. The lowest BCUT2D eigenvalue weighted by atomic mass is 10.0. The zero-order valence-electron chi connectivity index (χ0n) is 22.5. The molecule has 41 heavy (non-hydrogen) atoms. The van der Waals surface area contributed by atoms with Crippen LogP contribution in [0.1, 0.15) is 35.7 Å². The van der Waals surface area contributed by atoms with E-state index in [1.807, 2.05) is 4.90 Å². The van der Waals surface area contributed by atoms with Crippen molar-refractivity contribution in [3.63, 3.8) is 0 Å². The fourth-order valence-electron chi connectivity index (χ4n) is 4.99. The molecule has 2 heterocycles. The molecule has 1 atom stereocenters. The van der Waals surface area contributed by atoms with Crippen LogP contribution in [0.3, 0.4) is 0 Å². The zero-order valence-corrected chi connectivity index (χ0v) is 22.5. The highest BCUT2D eigenvalue weighted by Gasteiger charge is 2.35. The second-order valence-corrected chi connectivity index (χ2v) is 10.4. The number of piperazine rings is 1. The van der Waals surface area contributed by atoms with Crippen molar-refractivity contribution in [2.45, 2.75) is 44.6 Å². The normalized spacial score (nSPS) is 17.2. The van der Waals surface area contributed by atoms with E-state index in [0.29, 0.717) is 36.0 Å². The van der Waals surface area contributed by atoms with Gasteiger partial charge in [0.15, 0.2) is 11.5 Å². The molecule has 2 fully saturated rings. The molecule has 11 heteroatoms. The van der Waals surface area contributed by atoms with Crippen molar-refractivity contribution in [1.29, 1.82) is 0 Å². The van der Waals surface area contributed by atoms with Crippen LogP contribution in [0, 0.1) is 5.82 Å². The molecule has 2 aliphatic rings. The summed E-state index contributed by atoms with van der Waals surface area (Å²) in [5.41, 5.74) is 1.12. The van der Waals surface area contributed by atoms with Gasteiger partial charge in [0.25, 0.3) is 0 Å². The first-order chi connectivity index (χ1) is 19.6. The highest BCUT2D eigenvalue weighted by molar-refractivity contribution is 6.01. The molecule has 3 aromatic rings. The van der Waals surface area contributed by atoms with Crippen molar-refractivity contribution in [3.8, 4) is 17.0 Å². The number of rotatable bonds is 9. The third kappa shape index (κ3) is 7.28. The smallest absolute Gasteiger partial charge is 0.404 e. The van der Waals surface area contributed by atoms with Gasteiger partial charge >= 0.3 is 6.36 Å². The van der Waals surface area contributed by atoms with Crippen LogP contribution in [0.25, 0.3) is 11.3 Å². The first kappa shape index (κ1) is 28.7. The van der Waals surface area contributed by atoms with Gasteiger partial charge in [-0.1, -0.05) is 18.2 Å². The predicted molar refractivity (Wildman–Crippen MR) is 145 cm³/mol. The molecular weight excluding hydrogens is 540 g/mol. The van der Waals surface area contributed by atoms with E-state index in [2.05, 4.69) is 19.9 Å². The summed E-state index contributed by atoms with van der Waals surface area (Å²) in [6.07, 6.45) is -1.24. The maximum atomic E-state index is 14.1. The number of Topliss-reactive ketones (excluding diaryl/α,β-unsaturated/α-hetero) is 1. The maximum Gasteiger partial charge on any atom is 0.573 e. The van der Waals surface area contributed by atoms with E-state index in [0.717, 1.165) is 19.2 Å². The minimum Gasteiger partial charge on any atom is -0.404 e. The van der Waals surface area contributed by atoms with E-state index in [4.69, 9.17) is 0 Å². The monoisotopic (exact) mass is 570 g/mol. The number of hydrogen-bond donors (Lipinski definition) is 1. The zero-order chi connectivity index (χ0) is 29.1.